The van der Waals surface area contributed by atoms with Gasteiger partial charge in [0.05, 0.1) is 51.0 Å². The van der Waals surface area contributed by atoms with Gasteiger partial charge in [0, 0.05) is 12.1 Å². The van der Waals surface area contributed by atoms with Gasteiger partial charge in [0.2, 0.25) is 0 Å². The molecule has 6 nitrogen and oxygen atoms in total. The standard InChI is InChI=1S/C22H20N2O4/c1-25-15-9-13-5-7-17(21(13)19(11-15)27-3)23-24-18-8-6-14-10-16(26-2)12-20(28-4)22(14)18/h5-12H,1-4H3/b23-17+,24-18+. The molecule has 2 aliphatic carbocycles. The predicted octanol–water partition coefficient (Wildman–Crippen LogP) is 3.97. The molecule has 6 heteroatoms. The number of hydrogen-bond acceptors (Lipinski definition) is 6. The molecule has 142 valence electrons. The molecule has 0 radical (unpaired) electrons. The summed E-state index contributed by atoms with van der Waals surface area (Å²) in [6.07, 6.45) is 7.79. The molecule has 0 fully saturated rings. The van der Waals surface area contributed by atoms with E-state index >= 15 is 0 Å². The molecule has 2 aromatic carbocycles. The van der Waals surface area contributed by atoms with Gasteiger partial charge in [-0.2, -0.15) is 0 Å². The molecule has 0 aromatic heterocycles. The fourth-order valence-corrected chi connectivity index (χ4v) is 3.37. The summed E-state index contributed by atoms with van der Waals surface area (Å²) < 4.78 is 21.7. The Morgan fingerprint density at radius 2 is 0.964 bits per heavy atom. The van der Waals surface area contributed by atoms with E-state index in [1.807, 2.05) is 48.6 Å². The number of allylic oxidation sites excluding steroid dienone is 2. The maximum Gasteiger partial charge on any atom is 0.132 e. The van der Waals surface area contributed by atoms with Gasteiger partial charge in [-0.25, -0.2) is 0 Å². The molecule has 4 rings (SSSR count). The van der Waals surface area contributed by atoms with Crippen molar-refractivity contribution in [3.8, 4) is 23.0 Å². The minimum atomic E-state index is 0.697. The van der Waals surface area contributed by atoms with Crippen LogP contribution < -0.4 is 18.9 Å². The van der Waals surface area contributed by atoms with E-state index < -0.39 is 0 Å². The molecule has 0 N–H and O–H groups in total. The van der Waals surface area contributed by atoms with E-state index in [2.05, 4.69) is 10.2 Å². The molecule has 28 heavy (non-hydrogen) atoms. The Morgan fingerprint density at radius 3 is 1.32 bits per heavy atom. The highest BCUT2D eigenvalue weighted by Crippen LogP contribution is 2.36. The van der Waals surface area contributed by atoms with Crippen LogP contribution in [0.15, 0.2) is 46.6 Å². The second kappa shape index (κ2) is 7.23. The van der Waals surface area contributed by atoms with Crippen LogP contribution >= 0.6 is 0 Å². The molecule has 0 bridgehead atoms. The highest BCUT2D eigenvalue weighted by Gasteiger charge is 2.22. The average molecular weight is 376 g/mol. The van der Waals surface area contributed by atoms with Crippen molar-refractivity contribution < 1.29 is 18.9 Å². The summed E-state index contributed by atoms with van der Waals surface area (Å²) in [5.41, 5.74) is 5.24. The summed E-state index contributed by atoms with van der Waals surface area (Å²) in [5, 5.41) is 8.97. The van der Waals surface area contributed by atoms with Gasteiger partial charge in [-0.05, 0) is 35.4 Å². The highest BCUT2D eigenvalue weighted by atomic mass is 16.5. The first kappa shape index (κ1) is 17.9. The smallest absolute Gasteiger partial charge is 0.132 e. The van der Waals surface area contributed by atoms with Gasteiger partial charge in [0.15, 0.2) is 0 Å². The van der Waals surface area contributed by atoms with Crippen molar-refractivity contribution >= 4 is 23.6 Å². The first-order valence-electron chi connectivity index (χ1n) is 8.73. The summed E-state index contributed by atoms with van der Waals surface area (Å²) >= 11 is 0. The largest absolute Gasteiger partial charge is 0.497 e. The number of rotatable bonds is 5. The van der Waals surface area contributed by atoms with Crippen molar-refractivity contribution in [2.45, 2.75) is 0 Å². The van der Waals surface area contributed by atoms with E-state index in [0.29, 0.717) is 11.5 Å². The fourth-order valence-electron chi connectivity index (χ4n) is 3.37. The monoisotopic (exact) mass is 376 g/mol. The maximum absolute atomic E-state index is 5.52. The van der Waals surface area contributed by atoms with E-state index in [0.717, 1.165) is 45.2 Å². The van der Waals surface area contributed by atoms with Crippen molar-refractivity contribution in [3.63, 3.8) is 0 Å². The third-order valence-electron chi connectivity index (χ3n) is 4.74. The van der Waals surface area contributed by atoms with Crippen LogP contribution in [0.5, 0.6) is 23.0 Å². The average Bonchev–Trinajstić information content (AvgIpc) is 3.34. The Balaban J connectivity index is 1.75. The van der Waals surface area contributed by atoms with Gasteiger partial charge < -0.3 is 18.9 Å². The number of benzene rings is 2. The minimum Gasteiger partial charge on any atom is -0.497 e. The Hall–Kier alpha value is -3.54. The summed E-state index contributed by atoms with van der Waals surface area (Å²) in [5.74, 6) is 2.87. The summed E-state index contributed by atoms with van der Waals surface area (Å²) in [6.45, 7) is 0. The lowest BCUT2D eigenvalue weighted by atomic mass is 10.1. The molecule has 2 aliphatic rings. The van der Waals surface area contributed by atoms with Gasteiger partial charge in [-0.3, -0.25) is 0 Å². The van der Waals surface area contributed by atoms with Crippen LogP contribution in [-0.2, 0) is 0 Å². The van der Waals surface area contributed by atoms with Crippen molar-refractivity contribution in [1.82, 2.24) is 0 Å². The molecular formula is C22H20N2O4. The minimum absolute atomic E-state index is 0.697. The first-order valence-corrected chi connectivity index (χ1v) is 8.73. The van der Waals surface area contributed by atoms with Crippen LogP contribution in [-0.4, -0.2) is 39.9 Å². The van der Waals surface area contributed by atoms with E-state index in [-0.39, 0.29) is 0 Å². The predicted molar refractivity (Wildman–Crippen MR) is 110 cm³/mol. The van der Waals surface area contributed by atoms with E-state index in [9.17, 15) is 0 Å². The zero-order valence-corrected chi connectivity index (χ0v) is 16.1. The Labute approximate surface area is 163 Å². The highest BCUT2D eigenvalue weighted by molar-refractivity contribution is 6.21. The summed E-state index contributed by atoms with van der Waals surface area (Å²) in [7, 11) is 6.52. The maximum atomic E-state index is 5.52. The Kier molecular flexibility index (Phi) is 4.61. The van der Waals surface area contributed by atoms with Gasteiger partial charge in [-0.1, -0.05) is 12.2 Å². The third kappa shape index (κ3) is 2.93. The van der Waals surface area contributed by atoms with Crippen LogP contribution in [0.1, 0.15) is 22.3 Å². The molecule has 0 amide bonds. The molecule has 0 aliphatic heterocycles. The van der Waals surface area contributed by atoms with E-state index in [1.54, 1.807) is 28.4 Å². The van der Waals surface area contributed by atoms with Gasteiger partial charge in [0.1, 0.15) is 23.0 Å². The molecule has 0 atom stereocenters. The zero-order chi connectivity index (χ0) is 19.7. The zero-order valence-electron chi connectivity index (χ0n) is 16.1. The lowest BCUT2D eigenvalue weighted by Gasteiger charge is -2.11. The quantitative estimate of drug-likeness (QED) is 0.741. The fraction of sp³-hybridized carbons (Fsp3) is 0.182. The second-order valence-electron chi connectivity index (χ2n) is 6.22. The van der Waals surface area contributed by atoms with Crippen LogP contribution in [0.25, 0.3) is 12.2 Å². The van der Waals surface area contributed by atoms with Crippen molar-refractivity contribution in [3.05, 3.63) is 58.7 Å². The number of ether oxygens (including phenoxy) is 4. The molecule has 0 spiro atoms. The third-order valence-corrected chi connectivity index (χ3v) is 4.74. The normalized spacial score (nSPS) is 16.4. The summed E-state index contributed by atoms with van der Waals surface area (Å²) in [4.78, 5) is 0. The SMILES string of the molecule is COc1cc2c(c(OC)c1)/C(=N/N=C1\C=Cc3cc(OC)cc(OC)c31)C=C2. The van der Waals surface area contributed by atoms with Gasteiger partial charge in [0.25, 0.3) is 0 Å². The van der Waals surface area contributed by atoms with Gasteiger partial charge in [-0.15, -0.1) is 10.2 Å². The Morgan fingerprint density at radius 1 is 0.536 bits per heavy atom. The number of nitrogens with zero attached hydrogens (tertiary/aromatic N) is 2. The molecule has 0 saturated heterocycles. The van der Waals surface area contributed by atoms with Crippen LogP contribution in [0.4, 0.5) is 0 Å². The van der Waals surface area contributed by atoms with Crippen molar-refractivity contribution in [2.75, 3.05) is 28.4 Å². The lowest BCUT2D eigenvalue weighted by Crippen LogP contribution is -2.02. The molecule has 0 unspecified atom stereocenters. The molecular weight excluding hydrogens is 356 g/mol. The molecule has 0 saturated carbocycles. The number of hydrogen-bond donors (Lipinski definition) is 0. The van der Waals surface area contributed by atoms with Crippen molar-refractivity contribution in [2.24, 2.45) is 10.2 Å². The lowest BCUT2D eigenvalue weighted by molar-refractivity contribution is 0.393. The Bertz CT molecular complexity index is 979. The van der Waals surface area contributed by atoms with E-state index in [4.69, 9.17) is 18.9 Å². The summed E-state index contributed by atoms with van der Waals surface area (Å²) in [6, 6.07) is 7.58. The topological polar surface area (TPSA) is 61.6 Å². The molecule has 0 heterocycles. The number of methoxy groups -OCH3 is 4. The van der Waals surface area contributed by atoms with Gasteiger partial charge >= 0.3 is 0 Å². The first-order chi connectivity index (χ1) is 13.7. The number of fused-ring (bicyclic) bond motifs is 2. The second-order valence-corrected chi connectivity index (χ2v) is 6.22. The molecule has 2 aromatic rings. The van der Waals surface area contributed by atoms with Crippen LogP contribution in [0.2, 0.25) is 0 Å². The van der Waals surface area contributed by atoms with E-state index in [1.165, 1.54) is 0 Å². The van der Waals surface area contributed by atoms with Crippen molar-refractivity contribution in [1.29, 1.82) is 0 Å². The van der Waals surface area contributed by atoms with Crippen LogP contribution in [0.3, 0.4) is 0 Å². The van der Waals surface area contributed by atoms with Crippen LogP contribution in [0, 0.1) is 0 Å².